The first-order valence-corrected chi connectivity index (χ1v) is 5.99. The number of nitrogens with zero attached hydrogens (tertiary/aromatic N) is 4. The van der Waals surface area contributed by atoms with E-state index in [1.165, 1.54) is 0 Å². The average molecular weight is 238 g/mol. The maximum atomic E-state index is 11.5. The largest absolute Gasteiger partial charge is 0.340 e. The van der Waals surface area contributed by atoms with Crippen LogP contribution in [0.15, 0.2) is 4.63 Å². The van der Waals surface area contributed by atoms with Gasteiger partial charge in [0, 0.05) is 39.1 Å². The highest BCUT2D eigenvalue weighted by Crippen LogP contribution is 2.09. The molecule has 1 aliphatic heterocycles. The summed E-state index contributed by atoms with van der Waals surface area (Å²) >= 11 is 0. The summed E-state index contributed by atoms with van der Waals surface area (Å²) in [4.78, 5) is 15.7. The molecule has 1 aliphatic rings. The second kappa shape index (κ2) is 5.27. The van der Waals surface area contributed by atoms with Crippen LogP contribution in [0.1, 0.15) is 24.7 Å². The van der Waals surface area contributed by atoms with E-state index in [9.17, 15) is 4.79 Å². The van der Waals surface area contributed by atoms with Crippen LogP contribution in [-0.2, 0) is 11.3 Å². The molecule has 0 radical (unpaired) electrons. The zero-order chi connectivity index (χ0) is 12.3. The number of amides is 1. The van der Waals surface area contributed by atoms with Gasteiger partial charge < -0.3 is 4.90 Å². The molecule has 0 atom stereocenters. The SMILES string of the molecule is CCC(=O)N1CCN(Cc2nonc2C)CC1. The lowest BCUT2D eigenvalue weighted by molar-refractivity contribution is -0.132. The summed E-state index contributed by atoms with van der Waals surface area (Å²) in [5, 5.41) is 7.63. The summed E-state index contributed by atoms with van der Waals surface area (Å²) in [6, 6.07) is 0. The van der Waals surface area contributed by atoms with E-state index in [0.717, 1.165) is 44.1 Å². The molecule has 0 N–H and O–H groups in total. The summed E-state index contributed by atoms with van der Waals surface area (Å²) in [7, 11) is 0. The van der Waals surface area contributed by atoms with Crippen LogP contribution in [0.4, 0.5) is 0 Å². The second-order valence-corrected chi connectivity index (χ2v) is 4.31. The highest BCUT2D eigenvalue weighted by atomic mass is 16.6. The van der Waals surface area contributed by atoms with Gasteiger partial charge in [0.05, 0.1) is 0 Å². The van der Waals surface area contributed by atoms with Gasteiger partial charge in [0.15, 0.2) is 0 Å². The Balaban J connectivity index is 1.83. The summed E-state index contributed by atoms with van der Waals surface area (Å²) in [6.45, 7) is 7.93. The average Bonchev–Trinajstić information content (AvgIpc) is 2.75. The fraction of sp³-hybridized carbons (Fsp3) is 0.727. The van der Waals surface area contributed by atoms with Gasteiger partial charge in [0.2, 0.25) is 5.91 Å². The fourth-order valence-electron chi connectivity index (χ4n) is 1.98. The minimum Gasteiger partial charge on any atom is -0.340 e. The molecule has 1 fully saturated rings. The lowest BCUT2D eigenvalue weighted by atomic mass is 10.2. The van der Waals surface area contributed by atoms with Crippen molar-refractivity contribution in [3.05, 3.63) is 11.4 Å². The van der Waals surface area contributed by atoms with Crippen molar-refractivity contribution in [3.8, 4) is 0 Å². The third kappa shape index (κ3) is 2.82. The van der Waals surface area contributed by atoms with Crippen molar-refractivity contribution < 1.29 is 9.42 Å². The van der Waals surface area contributed by atoms with Gasteiger partial charge in [-0.25, -0.2) is 4.63 Å². The summed E-state index contributed by atoms with van der Waals surface area (Å²) in [6.07, 6.45) is 0.590. The molecule has 0 saturated carbocycles. The standard InChI is InChI=1S/C11H18N4O2/c1-3-11(16)15-6-4-14(5-7-15)8-10-9(2)12-17-13-10/h3-8H2,1-2H3. The number of carbonyl (C=O) groups excluding carboxylic acids is 1. The van der Waals surface area contributed by atoms with Crippen molar-refractivity contribution in [2.24, 2.45) is 0 Å². The summed E-state index contributed by atoms with van der Waals surface area (Å²) in [5.41, 5.74) is 1.73. The third-order valence-electron chi connectivity index (χ3n) is 3.15. The molecule has 2 rings (SSSR count). The maximum absolute atomic E-state index is 11.5. The Bertz CT molecular complexity index is 383. The Morgan fingerprint density at radius 3 is 2.53 bits per heavy atom. The zero-order valence-corrected chi connectivity index (χ0v) is 10.3. The Kier molecular flexibility index (Phi) is 3.73. The van der Waals surface area contributed by atoms with Crippen molar-refractivity contribution >= 4 is 5.91 Å². The molecule has 2 heterocycles. The van der Waals surface area contributed by atoms with Crippen molar-refractivity contribution in [3.63, 3.8) is 0 Å². The van der Waals surface area contributed by atoms with Gasteiger partial charge in [0.1, 0.15) is 11.4 Å². The number of aromatic nitrogens is 2. The fourth-order valence-corrected chi connectivity index (χ4v) is 1.98. The van der Waals surface area contributed by atoms with Gasteiger partial charge in [-0.15, -0.1) is 0 Å². The minimum atomic E-state index is 0.240. The van der Waals surface area contributed by atoms with Crippen molar-refractivity contribution in [1.82, 2.24) is 20.1 Å². The monoisotopic (exact) mass is 238 g/mol. The van der Waals surface area contributed by atoms with Gasteiger partial charge in [-0.05, 0) is 6.92 Å². The molecule has 1 saturated heterocycles. The molecule has 0 bridgehead atoms. The molecule has 1 aromatic heterocycles. The Morgan fingerprint density at radius 1 is 1.29 bits per heavy atom. The van der Waals surface area contributed by atoms with E-state index in [1.54, 1.807) is 0 Å². The van der Waals surface area contributed by atoms with Crippen molar-refractivity contribution in [1.29, 1.82) is 0 Å². The predicted octanol–water partition coefficient (Wildman–Crippen LogP) is 0.432. The third-order valence-corrected chi connectivity index (χ3v) is 3.15. The number of piperazine rings is 1. The number of carbonyl (C=O) groups is 1. The van der Waals surface area contributed by atoms with E-state index >= 15 is 0 Å². The molecule has 6 heteroatoms. The molecule has 0 aliphatic carbocycles. The Hall–Kier alpha value is -1.43. The minimum absolute atomic E-state index is 0.240. The van der Waals surface area contributed by atoms with E-state index in [1.807, 2.05) is 18.7 Å². The van der Waals surface area contributed by atoms with Crippen LogP contribution < -0.4 is 0 Å². The van der Waals surface area contributed by atoms with Gasteiger partial charge in [-0.1, -0.05) is 17.2 Å². The quantitative estimate of drug-likeness (QED) is 0.764. The van der Waals surface area contributed by atoms with Gasteiger partial charge >= 0.3 is 0 Å². The molecule has 0 unspecified atom stereocenters. The van der Waals surface area contributed by atoms with Gasteiger partial charge in [0.25, 0.3) is 0 Å². The van der Waals surface area contributed by atoms with Crippen LogP contribution in [0.5, 0.6) is 0 Å². The lowest BCUT2D eigenvalue weighted by Crippen LogP contribution is -2.48. The van der Waals surface area contributed by atoms with Crippen LogP contribution in [0.2, 0.25) is 0 Å². The smallest absolute Gasteiger partial charge is 0.222 e. The first kappa shape index (κ1) is 12.0. The Labute approximate surface area is 101 Å². The highest BCUT2D eigenvalue weighted by molar-refractivity contribution is 5.75. The van der Waals surface area contributed by atoms with E-state index in [2.05, 4.69) is 19.8 Å². The predicted molar refractivity (Wildman–Crippen MR) is 61.2 cm³/mol. The van der Waals surface area contributed by atoms with Crippen molar-refractivity contribution in [2.45, 2.75) is 26.8 Å². The molecule has 17 heavy (non-hydrogen) atoms. The Morgan fingerprint density at radius 2 is 2.00 bits per heavy atom. The van der Waals surface area contributed by atoms with Crippen LogP contribution in [0.25, 0.3) is 0 Å². The molecule has 0 aromatic carbocycles. The van der Waals surface area contributed by atoms with Crippen molar-refractivity contribution in [2.75, 3.05) is 26.2 Å². The van der Waals surface area contributed by atoms with E-state index in [0.29, 0.717) is 6.42 Å². The van der Waals surface area contributed by atoms with Crippen LogP contribution >= 0.6 is 0 Å². The van der Waals surface area contributed by atoms with Crippen LogP contribution in [0.3, 0.4) is 0 Å². The maximum Gasteiger partial charge on any atom is 0.222 e. The highest BCUT2D eigenvalue weighted by Gasteiger charge is 2.21. The van der Waals surface area contributed by atoms with E-state index < -0.39 is 0 Å². The van der Waals surface area contributed by atoms with Gasteiger partial charge in [-0.3, -0.25) is 9.69 Å². The molecule has 0 spiro atoms. The van der Waals surface area contributed by atoms with E-state index in [4.69, 9.17) is 0 Å². The number of hydrogen-bond acceptors (Lipinski definition) is 5. The summed E-state index contributed by atoms with van der Waals surface area (Å²) in [5.74, 6) is 0.240. The first-order chi connectivity index (χ1) is 8.20. The molecular formula is C11H18N4O2. The van der Waals surface area contributed by atoms with Crippen LogP contribution in [-0.4, -0.2) is 52.2 Å². The molecule has 1 aromatic rings. The first-order valence-electron chi connectivity index (χ1n) is 5.99. The van der Waals surface area contributed by atoms with Gasteiger partial charge in [-0.2, -0.15) is 0 Å². The summed E-state index contributed by atoms with van der Waals surface area (Å²) < 4.78 is 4.67. The van der Waals surface area contributed by atoms with Crippen LogP contribution in [0, 0.1) is 6.92 Å². The second-order valence-electron chi connectivity index (χ2n) is 4.31. The molecular weight excluding hydrogens is 220 g/mol. The molecule has 94 valence electrons. The number of aryl methyl sites for hydroxylation is 1. The van der Waals surface area contributed by atoms with E-state index in [-0.39, 0.29) is 5.91 Å². The lowest BCUT2D eigenvalue weighted by Gasteiger charge is -2.34. The number of rotatable bonds is 3. The zero-order valence-electron chi connectivity index (χ0n) is 10.3. The topological polar surface area (TPSA) is 62.5 Å². The molecule has 1 amide bonds. The molecule has 6 nitrogen and oxygen atoms in total. The number of hydrogen-bond donors (Lipinski definition) is 0. The normalized spacial score (nSPS) is 17.4.